The SMILES string of the molecule is O=C(NCc1cc(F)cc(Cl)c1)C1(O)CCN(c2ccc3[nH]c(=O)sc3c2)C1=O. The van der Waals surface area contributed by atoms with E-state index >= 15 is 0 Å². The van der Waals surface area contributed by atoms with Crippen LogP contribution in [0.3, 0.4) is 0 Å². The second-order valence-corrected chi connectivity index (χ2v) is 8.17. The van der Waals surface area contributed by atoms with Gasteiger partial charge in [0.15, 0.2) is 0 Å². The van der Waals surface area contributed by atoms with Crippen molar-refractivity contribution in [3.8, 4) is 0 Å². The van der Waals surface area contributed by atoms with Crippen LogP contribution < -0.4 is 15.1 Å². The van der Waals surface area contributed by atoms with Crippen molar-refractivity contribution in [1.82, 2.24) is 10.3 Å². The summed E-state index contributed by atoms with van der Waals surface area (Å²) >= 11 is 6.80. The van der Waals surface area contributed by atoms with Crippen LogP contribution in [0.5, 0.6) is 0 Å². The van der Waals surface area contributed by atoms with Crippen LogP contribution >= 0.6 is 22.9 Å². The number of nitrogens with zero attached hydrogens (tertiary/aromatic N) is 1. The van der Waals surface area contributed by atoms with Gasteiger partial charge in [0.1, 0.15) is 5.82 Å². The molecule has 2 heterocycles. The van der Waals surface area contributed by atoms with Crippen molar-refractivity contribution in [2.75, 3.05) is 11.4 Å². The van der Waals surface area contributed by atoms with Gasteiger partial charge in [-0.3, -0.25) is 14.4 Å². The number of nitrogens with one attached hydrogen (secondary N) is 2. The Bertz CT molecular complexity index is 1170. The minimum Gasteiger partial charge on any atom is -0.372 e. The molecule has 2 aromatic carbocycles. The summed E-state index contributed by atoms with van der Waals surface area (Å²) in [6, 6.07) is 8.79. The molecule has 1 fully saturated rings. The van der Waals surface area contributed by atoms with Crippen LogP contribution in [0.1, 0.15) is 12.0 Å². The summed E-state index contributed by atoms with van der Waals surface area (Å²) in [5, 5.41) is 13.4. The van der Waals surface area contributed by atoms with Gasteiger partial charge in [0.2, 0.25) is 5.60 Å². The number of fused-ring (bicyclic) bond motifs is 1. The lowest BCUT2D eigenvalue weighted by molar-refractivity contribution is -0.149. The normalized spacial score (nSPS) is 19.1. The second kappa shape index (κ2) is 7.25. The number of thiazole rings is 1. The van der Waals surface area contributed by atoms with Gasteiger partial charge < -0.3 is 20.3 Å². The number of carbonyl (C=O) groups excluding carboxylic acids is 2. The van der Waals surface area contributed by atoms with Crippen LogP contribution in [0.15, 0.2) is 41.2 Å². The van der Waals surface area contributed by atoms with Crippen molar-refractivity contribution in [2.45, 2.75) is 18.6 Å². The Morgan fingerprint density at radius 1 is 1.31 bits per heavy atom. The topological polar surface area (TPSA) is 102 Å². The number of aromatic amines is 1. The van der Waals surface area contributed by atoms with Crippen LogP contribution in [-0.4, -0.2) is 34.1 Å². The van der Waals surface area contributed by atoms with Crippen molar-refractivity contribution in [3.05, 3.63) is 62.5 Å². The molecule has 1 unspecified atom stereocenters. The lowest BCUT2D eigenvalue weighted by Crippen LogP contribution is -2.52. The van der Waals surface area contributed by atoms with Crippen LogP contribution in [0, 0.1) is 5.82 Å². The zero-order chi connectivity index (χ0) is 20.8. The van der Waals surface area contributed by atoms with Gasteiger partial charge in [0.25, 0.3) is 11.8 Å². The first kappa shape index (κ1) is 19.6. The molecule has 10 heteroatoms. The molecule has 1 aliphatic heterocycles. The molecule has 0 saturated carbocycles. The van der Waals surface area contributed by atoms with Crippen molar-refractivity contribution in [2.24, 2.45) is 0 Å². The Hall–Kier alpha value is -2.75. The number of benzene rings is 2. The summed E-state index contributed by atoms with van der Waals surface area (Å²) in [6.07, 6.45) is -0.0943. The lowest BCUT2D eigenvalue weighted by atomic mass is 10.0. The Morgan fingerprint density at radius 3 is 2.86 bits per heavy atom. The monoisotopic (exact) mass is 435 g/mol. The highest BCUT2D eigenvalue weighted by atomic mass is 35.5. The number of aromatic nitrogens is 1. The summed E-state index contributed by atoms with van der Waals surface area (Å²) in [7, 11) is 0. The second-order valence-electron chi connectivity index (χ2n) is 6.72. The van der Waals surface area contributed by atoms with Crippen LogP contribution in [0.4, 0.5) is 10.1 Å². The zero-order valence-electron chi connectivity index (χ0n) is 14.9. The van der Waals surface area contributed by atoms with E-state index in [1.54, 1.807) is 18.2 Å². The molecule has 1 aromatic heterocycles. The lowest BCUT2D eigenvalue weighted by Gasteiger charge is -2.22. The molecule has 150 valence electrons. The minimum absolute atomic E-state index is 0.0881. The van der Waals surface area contributed by atoms with Crippen molar-refractivity contribution < 1.29 is 19.1 Å². The Labute approximate surface area is 172 Å². The predicted molar refractivity (Wildman–Crippen MR) is 108 cm³/mol. The van der Waals surface area contributed by atoms with Gasteiger partial charge in [-0.1, -0.05) is 22.9 Å². The number of halogens is 2. The molecule has 3 N–H and O–H groups in total. The average molecular weight is 436 g/mol. The maximum Gasteiger partial charge on any atom is 0.305 e. The molecule has 2 amide bonds. The molecule has 1 atom stereocenters. The van der Waals surface area contributed by atoms with Gasteiger partial charge in [-0.2, -0.15) is 0 Å². The molecule has 0 radical (unpaired) electrons. The fraction of sp³-hybridized carbons (Fsp3) is 0.211. The fourth-order valence-electron chi connectivity index (χ4n) is 3.31. The Balaban J connectivity index is 1.51. The maximum absolute atomic E-state index is 13.4. The number of carbonyl (C=O) groups is 2. The first-order chi connectivity index (χ1) is 13.8. The highest BCUT2D eigenvalue weighted by Gasteiger charge is 2.51. The molecule has 7 nitrogen and oxygen atoms in total. The van der Waals surface area contributed by atoms with E-state index in [0.29, 0.717) is 21.5 Å². The maximum atomic E-state index is 13.4. The molecular weight excluding hydrogens is 421 g/mol. The van der Waals surface area contributed by atoms with Gasteiger partial charge in [-0.15, -0.1) is 0 Å². The predicted octanol–water partition coefficient (Wildman–Crippen LogP) is 2.17. The number of hydrogen-bond acceptors (Lipinski definition) is 5. The zero-order valence-corrected chi connectivity index (χ0v) is 16.4. The van der Waals surface area contributed by atoms with Crippen LogP contribution in [0.25, 0.3) is 10.2 Å². The largest absolute Gasteiger partial charge is 0.372 e. The highest BCUT2D eigenvalue weighted by molar-refractivity contribution is 7.16. The number of aliphatic hydroxyl groups is 1. The molecule has 29 heavy (non-hydrogen) atoms. The molecule has 0 bridgehead atoms. The minimum atomic E-state index is -2.22. The molecule has 4 rings (SSSR count). The number of rotatable bonds is 4. The average Bonchev–Trinajstić information content (AvgIpc) is 3.18. The van der Waals surface area contributed by atoms with E-state index in [4.69, 9.17) is 11.6 Å². The first-order valence-electron chi connectivity index (χ1n) is 8.67. The van der Waals surface area contributed by atoms with Gasteiger partial charge in [0.05, 0.1) is 10.2 Å². The summed E-state index contributed by atoms with van der Waals surface area (Å²) in [5.41, 5.74) is -0.685. The van der Waals surface area contributed by atoms with Gasteiger partial charge in [0, 0.05) is 30.2 Å². The van der Waals surface area contributed by atoms with E-state index < -0.39 is 23.2 Å². The van der Waals surface area contributed by atoms with E-state index in [1.165, 1.54) is 17.0 Å². The van der Waals surface area contributed by atoms with Gasteiger partial charge in [-0.25, -0.2) is 4.39 Å². The number of H-pyrrole nitrogens is 1. The molecule has 1 aliphatic rings. The fourth-order valence-corrected chi connectivity index (χ4v) is 4.32. The third kappa shape index (κ3) is 3.64. The van der Waals surface area contributed by atoms with E-state index in [-0.39, 0.29) is 29.4 Å². The van der Waals surface area contributed by atoms with Crippen molar-refractivity contribution in [1.29, 1.82) is 0 Å². The standard InChI is InChI=1S/C19H15ClFN3O4S/c20-11-5-10(6-12(21)7-11)9-22-16(25)19(28)3-4-24(17(19)26)13-1-2-14-15(8-13)29-18(27)23-14/h1-2,5-8,28H,3-4,9H2,(H,22,25)(H,23,27). The molecule has 3 aromatic rings. The van der Waals surface area contributed by atoms with Crippen molar-refractivity contribution in [3.63, 3.8) is 0 Å². The van der Waals surface area contributed by atoms with Gasteiger partial charge >= 0.3 is 4.87 Å². The quantitative estimate of drug-likeness (QED) is 0.546. The van der Waals surface area contributed by atoms with E-state index in [2.05, 4.69) is 10.3 Å². The third-order valence-corrected chi connectivity index (χ3v) is 5.83. The first-order valence-corrected chi connectivity index (χ1v) is 9.86. The van der Waals surface area contributed by atoms with E-state index in [1.807, 2.05) is 0 Å². The highest BCUT2D eigenvalue weighted by Crippen LogP contribution is 2.31. The number of anilines is 1. The van der Waals surface area contributed by atoms with Crippen LogP contribution in [0.2, 0.25) is 5.02 Å². The third-order valence-electron chi connectivity index (χ3n) is 4.76. The molecule has 0 aliphatic carbocycles. The number of hydrogen-bond donors (Lipinski definition) is 3. The molecular formula is C19H15ClFN3O4S. The van der Waals surface area contributed by atoms with E-state index in [0.717, 1.165) is 17.4 Å². The Morgan fingerprint density at radius 2 is 2.10 bits per heavy atom. The van der Waals surface area contributed by atoms with Gasteiger partial charge in [-0.05, 0) is 42.0 Å². The summed E-state index contributed by atoms with van der Waals surface area (Å²) in [5.74, 6) is -2.17. The summed E-state index contributed by atoms with van der Waals surface area (Å²) in [4.78, 5) is 40.6. The molecule has 1 saturated heterocycles. The smallest absolute Gasteiger partial charge is 0.305 e. The summed E-state index contributed by atoms with van der Waals surface area (Å²) < 4.78 is 14.1. The van der Waals surface area contributed by atoms with E-state index in [9.17, 15) is 23.9 Å². The summed E-state index contributed by atoms with van der Waals surface area (Å²) in [6.45, 7) is 0.0501. The van der Waals surface area contributed by atoms with Crippen molar-refractivity contribution >= 4 is 50.7 Å². The van der Waals surface area contributed by atoms with Crippen LogP contribution in [-0.2, 0) is 16.1 Å². The number of amides is 2. The Kier molecular flexibility index (Phi) is 4.89. The molecule has 0 spiro atoms.